The molecule has 1 aliphatic carbocycles. The van der Waals surface area contributed by atoms with Crippen LogP contribution in [-0.2, 0) is 6.18 Å². The van der Waals surface area contributed by atoms with Gasteiger partial charge in [0.15, 0.2) is 18.2 Å². The first-order valence-electron chi connectivity index (χ1n) is 10.5. The van der Waals surface area contributed by atoms with E-state index in [0.717, 1.165) is 38.5 Å². The Hall–Kier alpha value is -3.24. The second kappa shape index (κ2) is 6.39. The quantitative estimate of drug-likeness (QED) is 0.494. The van der Waals surface area contributed by atoms with Crippen LogP contribution in [0.25, 0.3) is 22.2 Å². The molecule has 1 saturated carbocycles. The van der Waals surface area contributed by atoms with Crippen LogP contribution in [0.15, 0.2) is 12.3 Å². The van der Waals surface area contributed by atoms with Gasteiger partial charge in [-0.15, -0.1) is 0 Å². The molecule has 6 rings (SSSR count). The number of hydrogen-bond donors (Lipinski definition) is 1. The number of fused-ring (bicyclic) bond motifs is 2. The minimum Gasteiger partial charge on any atom is -0.384 e. The zero-order chi connectivity index (χ0) is 22.4. The van der Waals surface area contributed by atoms with Crippen molar-refractivity contribution in [1.29, 1.82) is 0 Å². The van der Waals surface area contributed by atoms with E-state index in [1.54, 1.807) is 4.68 Å². The van der Waals surface area contributed by atoms with Gasteiger partial charge < -0.3 is 10.6 Å². The monoisotopic (exact) mass is 446 g/mol. The number of aromatic nitrogens is 4. The molecular weight excluding hydrogens is 426 g/mol. The van der Waals surface area contributed by atoms with Crippen molar-refractivity contribution in [2.45, 2.75) is 38.0 Å². The van der Waals surface area contributed by atoms with Crippen molar-refractivity contribution in [3.8, 4) is 11.3 Å². The maximum absolute atomic E-state index is 15.9. The van der Waals surface area contributed by atoms with Gasteiger partial charge in [0.1, 0.15) is 17.0 Å². The van der Waals surface area contributed by atoms with Crippen molar-refractivity contribution in [1.82, 2.24) is 19.7 Å². The Morgan fingerprint density at radius 2 is 2.03 bits per heavy atom. The van der Waals surface area contributed by atoms with E-state index in [0.29, 0.717) is 17.2 Å². The maximum atomic E-state index is 15.9. The van der Waals surface area contributed by atoms with Crippen LogP contribution in [-0.4, -0.2) is 56.2 Å². The van der Waals surface area contributed by atoms with Gasteiger partial charge in [-0.1, -0.05) is 0 Å². The molecule has 0 bridgehead atoms. The van der Waals surface area contributed by atoms with Crippen LogP contribution in [0, 0.1) is 12.7 Å². The summed E-state index contributed by atoms with van der Waals surface area (Å²) in [4.78, 5) is 9.98. The summed E-state index contributed by atoms with van der Waals surface area (Å²) in [5.41, 5.74) is 3.76. The van der Waals surface area contributed by atoms with Crippen LogP contribution in [0.5, 0.6) is 0 Å². The van der Waals surface area contributed by atoms with Crippen LogP contribution in [0.1, 0.15) is 30.1 Å². The third-order valence-electron chi connectivity index (χ3n) is 6.35. The third-order valence-corrected chi connectivity index (χ3v) is 6.35. The van der Waals surface area contributed by atoms with Crippen LogP contribution in [0.4, 0.5) is 29.2 Å². The first-order valence-corrected chi connectivity index (χ1v) is 10.5. The van der Waals surface area contributed by atoms with E-state index in [-0.39, 0.29) is 23.1 Å². The molecule has 0 amide bonds. The van der Waals surface area contributed by atoms with Gasteiger partial charge in [0, 0.05) is 11.8 Å². The minimum atomic E-state index is -4.73. The predicted octanol–water partition coefficient (Wildman–Crippen LogP) is 3.16. The number of alkyl halides is 3. The summed E-state index contributed by atoms with van der Waals surface area (Å²) in [5, 5.41) is 5.21. The van der Waals surface area contributed by atoms with Crippen molar-refractivity contribution in [3.63, 3.8) is 0 Å². The molecule has 0 radical (unpaired) electrons. The van der Waals surface area contributed by atoms with Crippen molar-refractivity contribution in [2.75, 3.05) is 30.3 Å². The summed E-state index contributed by atoms with van der Waals surface area (Å²) in [7, 11) is 0. The number of anilines is 2. The number of pyridine rings is 2. The summed E-state index contributed by atoms with van der Waals surface area (Å²) >= 11 is 0. The molecule has 32 heavy (non-hydrogen) atoms. The van der Waals surface area contributed by atoms with Gasteiger partial charge in [0.2, 0.25) is 12.3 Å². The van der Waals surface area contributed by atoms with Crippen LogP contribution >= 0.6 is 0 Å². The lowest BCUT2D eigenvalue weighted by molar-refractivity contribution is -0.471. The molecule has 3 aromatic rings. The van der Waals surface area contributed by atoms with Gasteiger partial charge in [-0.05, 0) is 25.8 Å². The molecule has 2 aliphatic heterocycles. The van der Waals surface area contributed by atoms with Crippen molar-refractivity contribution >= 4 is 28.8 Å². The number of nitrogens with two attached hydrogens (primary N) is 1. The normalized spacial score (nSPS) is 20.5. The molecule has 5 heterocycles. The van der Waals surface area contributed by atoms with E-state index in [9.17, 15) is 13.2 Å². The maximum Gasteiger partial charge on any atom is 0.418 e. The van der Waals surface area contributed by atoms with Gasteiger partial charge >= 0.3 is 6.18 Å². The smallest absolute Gasteiger partial charge is 0.384 e. The molecule has 7 nitrogen and oxygen atoms in total. The number of nitrogen functional groups attached to an aromatic ring is 1. The first kappa shape index (κ1) is 19.4. The van der Waals surface area contributed by atoms with Crippen LogP contribution in [0.2, 0.25) is 0 Å². The number of rotatable bonds is 3. The average Bonchev–Trinajstić information content (AvgIpc) is 3.63. The van der Waals surface area contributed by atoms with E-state index in [2.05, 4.69) is 25.7 Å². The molecule has 2 N–H and O–H groups in total. The lowest BCUT2D eigenvalue weighted by atomic mass is 10.0. The molecule has 3 aliphatic rings. The topological polar surface area (TPSA) is 75.9 Å². The SMILES string of the molecule is Cc1nc(N)cc(-c2ncc3c(N4CC[N+]5=CC5C4)nn(C4CC4)c3c2F)c1C(F)(F)F. The highest BCUT2D eigenvalue weighted by Crippen LogP contribution is 2.44. The van der Waals surface area contributed by atoms with E-state index in [4.69, 9.17) is 10.8 Å². The van der Waals surface area contributed by atoms with Crippen molar-refractivity contribution in [2.24, 2.45) is 0 Å². The highest BCUT2D eigenvalue weighted by atomic mass is 19.4. The van der Waals surface area contributed by atoms with E-state index in [1.807, 2.05) is 0 Å². The molecule has 1 unspecified atom stereocenters. The zero-order valence-electron chi connectivity index (χ0n) is 17.2. The van der Waals surface area contributed by atoms with Gasteiger partial charge in [0.25, 0.3) is 0 Å². The second-order valence-corrected chi connectivity index (χ2v) is 8.64. The molecular formula is C21H20F4N7+. The molecule has 1 saturated heterocycles. The number of hydrogen-bond acceptors (Lipinski definition) is 5. The van der Waals surface area contributed by atoms with E-state index >= 15 is 4.39 Å². The van der Waals surface area contributed by atoms with E-state index in [1.165, 1.54) is 13.1 Å². The number of halogens is 4. The largest absolute Gasteiger partial charge is 0.418 e. The van der Waals surface area contributed by atoms with Crippen LogP contribution in [0.3, 0.4) is 0 Å². The average molecular weight is 446 g/mol. The molecule has 166 valence electrons. The predicted molar refractivity (Wildman–Crippen MR) is 110 cm³/mol. The minimum absolute atomic E-state index is 0.0381. The fourth-order valence-corrected chi connectivity index (χ4v) is 4.64. The van der Waals surface area contributed by atoms with Crippen molar-refractivity contribution < 1.29 is 22.1 Å². The summed E-state index contributed by atoms with van der Waals surface area (Å²) in [6.45, 7) is 3.56. The summed E-state index contributed by atoms with van der Waals surface area (Å²) in [5.74, 6) is -0.312. The van der Waals surface area contributed by atoms with Gasteiger partial charge in [-0.2, -0.15) is 18.3 Å². The second-order valence-electron chi connectivity index (χ2n) is 8.64. The summed E-state index contributed by atoms with van der Waals surface area (Å²) in [6, 6.07) is 1.43. The highest BCUT2D eigenvalue weighted by Gasteiger charge is 2.43. The first-order chi connectivity index (χ1) is 15.2. The van der Waals surface area contributed by atoms with Gasteiger partial charge in [-0.3, -0.25) is 9.67 Å². The fourth-order valence-electron chi connectivity index (χ4n) is 4.64. The van der Waals surface area contributed by atoms with Crippen molar-refractivity contribution in [3.05, 3.63) is 29.3 Å². The molecule has 11 heteroatoms. The summed E-state index contributed by atoms with van der Waals surface area (Å²) < 4.78 is 61.2. The molecule has 0 spiro atoms. The molecule has 3 aromatic heterocycles. The molecule has 1 atom stereocenters. The van der Waals surface area contributed by atoms with Crippen LogP contribution < -0.4 is 10.6 Å². The van der Waals surface area contributed by atoms with Gasteiger partial charge in [-0.25, -0.2) is 13.9 Å². The third kappa shape index (κ3) is 2.94. The Morgan fingerprint density at radius 3 is 2.72 bits per heavy atom. The summed E-state index contributed by atoms with van der Waals surface area (Å²) in [6.07, 6.45) is 0.556. The highest BCUT2D eigenvalue weighted by molar-refractivity contribution is 5.93. The number of piperazine rings is 1. The standard InChI is InChI=1S/C21H20F4N7/c1-10-16(21(23,24)25)13(6-15(26)28-10)18-17(22)19-14(7-27-18)20(29-32(19)11-2-3-11)31-5-4-30-8-12(30)9-31/h6-8,11-12H,2-5,9H2,1H3,(H2,26,28)/q+1. The number of nitrogens with zero attached hydrogens (tertiary/aromatic N) is 6. The Labute approximate surface area is 180 Å². The Kier molecular flexibility index (Phi) is 3.89. The Morgan fingerprint density at radius 1 is 1.25 bits per heavy atom. The number of aryl methyl sites for hydroxylation is 1. The molecule has 2 fully saturated rings. The lowest BCUT2D eigenvalue weighted by Gasteiger charge is -2.22. The van der Waals surface area contributed by atoms with Gasteiger partial charge in [0.05, 0.1) is 35.8 Å². The van der Waals surface area contributed by atoms with E-state index < -0.39 is 28.8 Å². The lowest BCUT2D eigenvalue weighted by Crippen LogP contribution is -2.39. The Bertz CT molecular complexity index is 1310. The fraction of sp³-hybridized carbons (Fsp3) is 0.429. The Balaban J connectivity index is 1.55. The zero-order valence-corrected chi connectivity index (χ0v) is 17.2. The molecule has 0 aromatic carbocycles.